The molecule has 1 saturated heterocycles. The van der Waals surface area contributed by atoms with Crippen molar-refractivity contribution in [2.45, 2.75) is 18.9 Å². The Morgan fingerprint density at radius 1 is 1.38 bits per heavy atom. The molecule has 3 aromatic rings. The third kappa shape index (κ3) is 2.95. The van der Waals surface area contributed by atoms with E-state index in [1.165, 1.54) is 0 Å². The maximum Gasteiger partial charge on any atom is 0.257 e. The smallest absolute Gasteiger partial charge is 0.257 e. The molecule has 7 heteroatoms. The summed E-state index contributed by atoms with van der Waals surface area (Å²) in [6.07, 6.45) is 7.31. The average Bonchev–Trinajstić information content (AvgIpc) is 3.29. The fourth-order valence-electron chi connectivity index (χ4n) is 3.52. The summed E-state index contributed by atoms with van der Waals surface area (Å²) in [6.45, 7) is 2.11. The molecule has 1 amide bonds. The van der Waals surface area contributed by atoms with Crippen LogP contribution in [0.15, 0.2) is 36.8 Å². The maximum atomic E-state index is 12.7. The van der Waals surface area contributed by atoms with Gasteiger partial charge in [0.2, 0.25) is 0 Å². The van der Waals surface area contributed by atoms with Gasteiger partial charge in [0.1, 0.15) is 0 Å². The molecule has 1 aliphatic rings. The van der Waals surface area contributed by atoms with Crippen LogP contribution >= 0.6 is 0 Å². The molecule has 1 aliphatic heterocycles. The van der Waals surface area contributed by atoms with Gasteiger partial charge in [-0.3, -0.25) is 9.48 Å². The summed E-state index contributed by atoms with van der Waals surface area (Å²) in [7, 11) is 2.13. The Bertz CT molecular complexity index is 987. The van der Waals surface area contributed by atoms with Crippen molar-refractivity contribution in [2.24, 2.45) is 0 Å². The molecule has 4 rings (SSSR count). The molecular weight excluding hydrogens is 328 g/mol. The predicted octanol–water partition coefficient (Wildman–Crippen LogP) is 2.76. The molecule has 0 unspecified atom stereocenters. The van der Waals surface area contributed by atoms with Crippen LogP contribution in [0.1, 0.15) is 34.8 Å². The largest absolute Gasteiger partial charge is 0.360 e. The highest BCUT2D eigenvalue weighted by molar-refractivity contribution is 6.14. The van der Waals surface area contributed by atoms with Crippen LogP contribution in [0.3, 0.4) is 0 Å². The molecule has 7 nitrogen and oxygen atoms in total. The van der Waals surface area contributed by atoms with E-state index in [0.29, 0.717) is 28.2 Å². The number of aromatic nitrogens is 3. The molecular formula is C19H20N6O. The fourth-order valence-corrected chi connectivity index (χ4v) is 3.52. The second kappa shape index (κ2) is 6.65. The Morgan fingerprint density at radius 3 is 2.96 bits per heavy atom. The lowest BCUT2D eigenvalue weighted by molar-refractivity contribution is 0.102. The van der Waals surface area contributed by atoms with E-state index in [-0.39, 0.29) is 5.91 Å². The van der Waals surface area contributed by atoms with E-state index in [1.54, 1.807) is 24.5 Å². The quantitative estimate of drug-likeness (QED) is 0.761. The van der Waals surface area contributed by atoms with Gasteiger partial charge >= 0.3 is 0 Å². The minimum absolute atomic E-state index is 0.248. The average molecular weight is 348 g/mol. The van der Waals surface area contributed by atoms with Gasteiger partial charge in [0.05, 0.1) is 35.1 Å². The van der Waals surface area contributed by atoms with E-state index < -0.39 is 0 Å². The number of rotatable bonds is 3. The Morgan fingerprint density at radius 2 is 2.19 bits per heavy atom. The third-order valence-electron chi connectivity index (χ3n) is 4.99. The zero-order valence-electron chi connectivity index (χ0n) is 14.6. The lowest BCUT2D eigenvalue weighted by Crippen LogP contribution is -2.31. The van der Waals surface area contributed by atoms with Gasteiger partial charge in [-0.05, 0) is 45.1 Å². The summed E-state index contributed by atoms with van der Waals surface area (Å²) < 4.78 is 1.94. The molecule has 2 N–H and O–H groups in total. The first-order valence-electron chi connectivity index (χ1n) is 8.70. The molecule has 26 heavy (non-hydrogen) atoms. The van der Waals surface area contributed by atoms with Gasteiger partial charge in [-0.2, -0.15) is 10.4 Å². The van der Waals surface area contributed by atoms with E-state index in [9.17, 15) is 10.1 Å². The van der Waals surface area contributed by atoms with Crippen LogP contribution in [0.5, 0.6) is 0 Å². The molecule has 0 spiro atoms. The lowest BCUT2D eigenvalue weighted by Gasteiger charge is -2.28. The summed E-state index contributed by atoms with van der Waals surface area (Å²) in [5, 5.41) is 17.3. The minimum atomic E-state index is -0.248. The standard InChI is InChI=1S/C19H20N6O/c1-24-7-5-15(6-8-24)25-12-14(10-22-25)23-19(26)16-11-21-17-4-2-3-13(9-20)18(16)17/h2-4,10-12,15,21H,5-8H2,1H3,(H,23,26). The van der Waals surface area contributed by atoms with Crippen LogP contribution < -0.4 is 5.32 Å². The molecule has 0 radical (unpaired) electrons. The Labute approximate surface area is 151 Å². The van der Waals surface area contributed by atoms with Gasteiger partial charge in [-0.25, -0.2) is 0 Å². The molecule has 2 aromatic heterocycles. The maximum absolute atomic E-state index is 12.7. The summed E-state index contributed by atoms with van der Waals surface area (Å²) in [5.74, 6) is -0.248. The number of H-pyrrole nitrogens is 1. The first kappa shape index (κ1) is 16.4. The van der Waals surface area contributed by atoms with Crippen molar-refractivity contribution in [1.82, 2.24) is 19.7 Å². The summed E-state index contributed by atoms with van der Waals surface area (Å²) in [6, 6.07) is 7.88. The third-order valence-corrected chi connectivity index (χ3v) is 4.99. The predicted molar refractivity (Wildman–Crippen MR) is 99.0 cm³/mol. The van der Waals surface area contributed by atoms with Gasteiger partial charge in [-0.1, -0.05) is 6.07 Å². The van der Waals surface area contributed by atoms with Gasteiger partial charge < -0.3 is 15.2 Å². The van der Waals surface area contributed by atoms with Crippen molar-refractivity contribution in [3.63, 3.8) is 0 Å². The minimum Gasteiger partial charge on any atom is -0.360 e. The van der Waals surface area contributed by atoms with Crippen molar-refractivity contribution >= 4 is 22.5 Å². The summed E-state index contributed by atoms with van der Waals surface area (Å²) in [4.78, 5) is 18.1. The molecule has 132 valence electrons. The zero-order chi connectivity index (χ0) is 18.1. The summed E-state index contributed by atoms with van der Waals surface area (Å²) >= 11 is 0. The normalized spacial score (nSPS) is 15.8. The van der Waals surface area contributed by atoms with E-state index >= 15 is 0 Å². The van der Waals surface area contributed by atoms with E-state index in [2.05, 4.69) is 33.4 Å². The highest BCUT2D eigenvalue weighted by Gasteiger charge is 2.20. The van der Waals surface area contributed by atoms with Crippen LogP contribution in [0.4, 0.5) is 5.69 Å². The summed E-state index contributed by atoms with van der Waals surface area (Å²) in [5.41, 5.74) is 2.38. The molecule has 0 atom stereocenters. The first-order valence-corrected chi connectivity index (χ1v) is 8.70. The Kier molecular flexibility index (Phi) is 4.19. The van der Waals surface area contributed by atoms with Crippen molar-refractivity contribution in [2.75, 3.05) is 25.5 Å². The van der Waals surface area contributed by atoms with Crippen LogP contribution in [0.25, 0.3) is 10.9 Å². The number of nitriles is 1. The number of piperidine rings is 1. The van der Waals surface area contributed by atoms with Crippen molar-refractivity contribution in [3.05, 3.63) is 47.9 Å². The lowest BCUT2D eigenvalue weighted by atomic mass is 10.1. The zero-order valence-corrected chi connectivity index (χ0v) is 14.6. The molecule has 1 fully saturated rings. The number of carbonyl (C=O) groups excluding carboxylic acids is 1. The molecule has 0 bridgehead atoms. The number of carbonyl (C=O) groups is 1. The molecule has 0 aliphatic carbocycles. The highest BCUT2D eigenvalue weighted by atomic mass is 16.1. The number of fused-ring (bicyclic) bond motifs is 1. The van der Waals surface area contributed by atoms with Crippen molar-refractivity contribution in [3.8, 4) is 6.07 Å². The number of aromatic amines is 1. The highest BCUT2D eigenvalue weighted by Crippen LogP contribution is 2.25. The number of benzene rings is 1. The number of nitrogens with one attached hydrogen (secondary N) is 2. The molecule has 0 saturated carbocycles. The first-order chi connectivity index (χ1) is 12.7. The molecule has 3 heterocycles. The Hall–Kier alpha value is -3.11. The van der Waals surface area contributed by atoms with E-state index in [1.807, 2.05) is 16.9 Å². The van der Waals surface area contributed by atoms with Gasteiger partial charge in [0, 0.05) is 23.3 Å². The van der Waals surface area contributed by atoms with Crippen molar-refractivity contribution in [1.29, 1.82) is 5.26 Å². The fraction of sp³-hybridized carbons (Fsp3) is 0.316. The number of hydrogen-bond donors (Lipinski definition) is 2. The van der Waals surface area contributed by atoms with Gasteiger partial charge in [0.15, 0.2) is 0 Å². The van der Waals surface area contributed by atoms with Crippen molar-refractivity contribution < 1.29 is 4.79 Å². The van der Waals surface area contributed by atoms with E-state index in [4.69, 9.17) is 0 Å². The van der Waals surface area contributed by atoms with Gasteiger partial charge in [0.25, 0.3) is 5.91 Å². The Balaban J connectivity index is 1.54. The van der Waals surface area contributed by atoms with Crippen LogP contribution in [0.2, 0.25) is 0 Å². The van der Waals surface area contributed by atoms with Gasteiger partial charge in [-0.15, -0.1) is 0 Å². The SMILES string of the molecule is CN1CCC(n2cc(NC(=O)c3c[nH]c4cccc(C#N)c34)cn2)CC1. The number of amides is 1. The second-order valence-corrected chi connectivity index (χ2v) is 6.74. The number of likely N-dealkylation sites (tertiary alicyclic amines) is 1. The topological polar surface area (TPSA) is 89.7 Å². The second-order valence-electron chi connectivity index (χ2n) is 6.74. The van der Waals surface area contributed by atoms with Crippen LogP contribution in [-0.2, 0) is 0 Å². The molecule has 1 aromatic carbocycles. The monoisotopic (exact) mass is 348 g/mol. The van der Waals surface area contributed by atoms with Crippen LogP contribution in [0, 0.1) is 11.3 Å². The number of hydrogen-bond acceptors (Lipinski definition) is 4. The van der Waals surface area contributed by atoms with E-state index in [0.717, 1.165) is 31.4 Å². The number of anilines is 1. The number of nitrogens with zero attached hydrogens (tertiary/aromatic N) is 4. The van der Waals surface area contributed by atoms with Crippen LogP contribution in [-0.4, -0.2) is 45.7 Å².